The SMILES string of the molecule is C=CC1=C(C=C)S(=O)C(=C)CC1. The lowest BCUT2D eigenvalue weighted by molar-refractivity contribution is 0.687. The molecule has 0 spiro atoms. The molecule has 0 N–H and O–H groups in total. The molecule has 12 heavy (non-hydrogen) atoms. The predicted molar refractivity (Wildman–Crippen MR) is 53.9 cm³/mol. The van der Waals surface area contributed by atoms with Crippen molar-refractivity contribution in [2.24, 2.45) is 0 Å². The van der Waals surface area contributed by atoms with Crippen LogP contribution in [0.2, 0.25) is 0 Å². The summed E-state index contributed by atoms with van der Waals surface area (Å²) >= 11 is 0. The van der Waals surface area contributed by atoms with E-state index in [1.165, 1.54) is 0 Å². The molecule has 1 aliphatic heterocycles. The van der Waals surface area contributed by atoms with E-state index < -0.39 is 10.8 Å². The van der Waals surface area contributed by atoms with Gasteiger partial charge in [-0.15, -0.1) is 0 Å². The molecule has 0 aromatic heterocycles. The molecule has 0 saturated heterocycles. The molecular weight excluding hydrogens is 168 g/mol. The lowest BCUT2D eigenvalue weighted by Crippen LogP contribution is -2.05. The van der Waals surface area contributed by atoms with Gasteiger partial charge in [0.2, 0.25) is 0 Å². The van der Waals surface area contributed by atoms with Crippen LogP contribution < -0.4 is 0 Å². The van der Waals surface area contributed by atoms with E-state index in [4.69, 9.17) is 0 Å². The lowest BCUT2D eigenvalue weighted by Gasteiger charge is -2.16. The van der Waals surface area contributed by atoms with Gasteiger partial charge < -0.3 is 0 Å². The second-order valence-corrected chi connectivity index (χ2v) is 4.16. The van der Waals surface area contributed by atoms with E-state index >= 15 is 0 Å². The van der Waals surface area contributed by atoms with Crippen LogP contribution in [0.25, 0.3) is 0 Å². The minimum atomic E-state index is -1.06. The molecule has 1 atom stereocenters. The van der Waals surface area contributed by atoms with Crippen LogP contribution in [-0.4, -0.2) is 4.21 Å². The molecule has 1 nitrogen and oxygen atoms in total. The molecule has 1 aliphatic rings. The van der Waals surface area contributed by atoms with E-state index in [9.17, 15) is 4.21 Å². The first-order valence-corrected chi connectivity index (χ1v) is 4.93. The van der Waals surface area contributed by atoms with Gasteiger partial charge in [-0.25, -0.2) is 4.21 Å². The third-order valence-electron chi connectivity index (χ3n) is 1.88. The average molecular weight is 180 g/mol. The fourth-order valence-electron chi connectivity index (χ4n) is 1.17. The second-order valence-electron chi connectivity index (χ2n) is 2.61. The Hall–Kier alpha value is -0.890. The van der Waals surface area contributed by atoms with Gasteiger partial charge in [-0.3, -0.25) is 0 Å². The van der Waals surface area contributed by atoms with Crippen molar-refractivity contribution >= 4 is 10.8 Å². The minimum absolute atomic E-state index is 0.779. The van der Waals surface area contributed by atoms with Gasteiger partial charge in [-0.1, -0.05) is 31.9 Å². The van der Waals surface area contributed by atoms with Crippen LogP contribution in [0.1, 0.15) is 12.8 Å². The Kier molecular flexibility index (Phi) is 2.82. The molecule has 1 heterocycles. The fraction of sp³-hybridized carbons (Fsp3) is 0.200. The van der Waals surface area contributed by atoms with E-state index in [0.717, 1.165) is 28.2 Å². The molecule has 0 saturated carbocycles. The van der Waals surface area contributed by atoms with Gasteiger partial charge in [0.25, 0.3) is 0 Å². The zero-order valence-corrected chi connectivity index (χ0v) is 7.82. The van der Waals surface area contributed by atoms with Gasteiger partial charge in [0.15, 0.2) is 0 Å². The third-order valence-corrected chi connectivity index (χ3v) is 3.44. The van der Waals surface area contributed by atoms with Gasteiger partial charge in [-0.05, 0) is 18.4 Å². The maximum absolute atomic E-state index is 11.6. The number of hydrogen-bond donors (Lipinski definition) is 0. The second kappa shape index (κ2) is 3.68. The summed E-state index contributed by atoms with van der Waals surface area (Å²) in [6.07, 6.45) is 5.07. The quantitative estimate of drug-likeness (QED) is 0.638. The number of hydrogen-bond acceptors (Lipinski definition) is 1. The van der Waals surface area contributed by atoms with Crippen LogP contribution in [0.15, 0.2) is 47.3 Å². The first kappa shape index (κ1) is 9.20. The molecule has 0 radical (unpaired) electrons. The summed E-state index contributed by atoms with van der Waals surface area (Å²) < 4.78 is 11.6. The summed E-state index contributed by atoms with van der Waals surface area (Å²) in [5.41, 5.74) is 1.04. The number of rotatable bonds is 2. The normalized spacial score (nSPS) is 24.0. The maximum Gasteiger partial charge on any atom is 0.0805 e. The molecule has 64 valence electrons. The highest BCUT2D eigenvalue weighted by Gasteiger charge is 2.17. The van der Waals surface area contributed by atoms with Crippen LogP contribution in [-0.2, 0) is 10.8 Å². The van der Waals surface area contributed by atoms with Crippen LogP contribution in [0.4, 0.5) is 0 Å². The van der Waals surface area contributed by atoms with E-state index in [1.807, 2.05) is 0 Å². The van der Waals surface area contributed by atoms with Crippen molar-refractivity contribution in [1.82, 2.24) is 0 Å². The Labute approximate surface area is 75.6 Å². The van der Waals surface area contributed by atoms with Crippen LogP contribution in [0, 0.1) is 0 Å². The molecule has 0 bridgehead atoms. The molecule has 0 fully saturated rings. The van der Waals surface area contributed by atoms with Crippen LogP contribution >= 0.6 is 0 Å². The van der Waals surface area contributed by atoms with Gasteiger partial charge in [-0.2, -0.15) is 0 Å². The van der Waals surface area contributed by atoms with Crippen molar-refractivity contribution in [3.05, 3.63) is 47.3 Å². The first-order chi connectivity index (χ1) is 5.70. The van der Waals surface area contributed by atoms with Gasteiger partial charge in [0, 0.05) is 9.81 Å². The molecule has 0 aromatic rings. The van der Waals surface area contributed by atoms with E-state index in [0.29, 0.717) is 0 Å². The predicted octanol–water partition coefficient (Wildman–Crippen LogP) is 2.67. The molecule has 1 rings (SSSR count). The van der Waals surface area contributed by atoms with Crippen molar-refractivity contribution in [1.29, 1.82) is 0 Å². The smallest absolute Gasteiger partial charge is 0.0805 e. The van der Waals surface area contributed by atoms with Crippen molar-refractivity contribution < 1.29 is 4.21 Å². The maximum atomic E-state index is 11.6. The van der Waals surface area contributed by atoms with Crippen molar-refractivity contribution in [3.8, 4) is 0 Å². The van der Waals surface area contributed by atoms with Crippen LogP contribution in [0.3, 0.4) is 0 Å². The van der Waals surface area contributed by atoms with E-state index in [2.05, 4.69) is 19.7 Å². The Balaban J connectivity index is 3.16. The van der Waals surface area contributed by atoms with Gasteiger partial charge >= 0.3 is 0 Å². The highest BCUT2D eigenvalue weighted by molar-refractivity contribution is 7.93. The Morgan fingerprint density at radius 2 is 1.92 bits per heavy atom. The standard InChI is InChI=1S/C10H12OS/c1-4-9-7-6-8(3)12(11)10(9)5-2/h4-5H,1-3,6-7H2. The summed E-state index contributed by atoms with van der Waals surface area (Å²) in [6, 6.07) is 0. The molecule has 2 heteroatoms. The Morgan fingerprint density at radius 1 is 1.25 bits per heavy atom. The summed E-state index contributed by atoms with van der Waals surface area (Å²) in [5.74, 6) is 0. The summed E-state index contributed by atoms with van der Waals surface area (Å²) in [5, 5.41) is 0. The molecular formula is C10H12OS. The summed E-state index contributed by atoms with van der Waals surface area (Å²) in [7, 11) is -1.06. The van der Waals surface area contributed by atoms with E-state index in [-0.39, 0.29) is 0 Å². The van der Waals surface area contributed by atoms with E-state index in [1.54, 1.807) is 12.2 Å². The van der Waals surface area contributed by atoms with Crippen LogP contribution in [0.5, 0.6) is 0 Å². The highest BCUT2D eigenvalue weighted by Crippen LogP contribution is 2.29. The lowest BCUT2D eigenvalue weighted by atomic mass is 10.1. The molecule has 0 aromatic carbocycles. The molecule has 0 aliphatic carbocycles. The van der Waals surface area contributed by atoms with Crippen molar-refractivity contribution in [3.63, 3.8) is 0 Å². The third kappa shape index (κ3) is 1.48. The Bertz CT molecular complexity index is 297. The average Bonchev–Trinajstić information content (AvgIpc) is 2.09. The minimum Gasteiger partial charge on any atom is -0.249 e. The van der Waals surface area contributed by atoms with Crippen molar-refractivity contribution in [2.75, 3.05) is 0 Å². The highest BCUT2D eigenvalue weighted by atomic mass is 32.2. The monoisotopic (exact) mass is 180 g/mol. The summed E-state index contributed by atoms with van der Waals surface area (Å²) in [4.78, 5) is 1.57. The van der Waals surface area contributed by atoms with Gasteiger partial charge in [0.05, 0.1) is 10.8 Å². The van der Waals surface area contributed by atoms with Gasteiger partial charge in [0.1, 0.15) is 0 Å². The molecule has 1 unspecified atom stereocenters. The zero-order chi connectivity index (χ0) is 9.14. The molecule has 0 amide bonds. The summed E-state index contributed by atoms with van der Waals surface area (Å²) in [6.45, 7) is 11.0. The topological polar surface area (TPSA) is 17.1 Å². The number of allylic oxidation sites excluding steroid dienone is 4. The first-order valence-electron chi connectivity index (χ1n) is 3.78. The largest absolute Gasteiger partial charge is 0.249 e. The fourth-order valence-corrected chi connectivity index (χ4v) is 2.35. The zero-order valence-electron chi connectivity index (χ0n) is 7.01. The Morgan fingerprint density at radius 3 is 2.42 bits per heavy atom. The van der Waals surface area contributed by atoms with Crippen molar-refractivity contribution in [2.45, 2.75) is 12.8 Å².